The Bertz CT molecular complexity index is 431. The molecule has 2 aliphatic rings. The van der Waals surface area contributed by atoms with Gasteiger partial charge in [0.05, 0.1) is 12.1 Å². The van der Waals surface area contributed by atoms with Gasteiger partial charge < -0.3 is 14.9 Å². The Hall–Kier alpha value is -0.810. The number of ether oxygens (including phenoxy) is 1. The highest BCUT2D eigenvalue weighted by atomic mass is 16.6. The molecule has 0 aromatic rings. The van der Waals surface area contributed by atoms with Gasteiger partial charge in [0.2, 0.25) is 0 Å². The normalized spacial score (nSPS) is 28.5. The zero-order valence-corrected chi connectivity index (χ0v) is 16.4. The van der Waals surface area contributed by atoms with E-state index in [1.165, 1.54) is 32.1 Å². The summed E-state index contributed by atoms with van der Waals surface area (Å²) in [6.45, 7) is 8.25. The fourth-order valence-electron chi connectivity index (χ4n) is 4.86. The molecule has 5 nitrogen and oxygen atoms in total. The first-order chi connectivity index (χ1) is 11.8. The van der Waals surface area contributed by atoms with Gasteiger partial charge in [-0.1, -0.05) is 46.0 Å². The van der Waals surface area contributed by atoms with Crippen molar-refractivity contribution in [1.82, 2.24) is 4.90 Å². The first-order valence-electron chi connectivity index (χ1n) is 10.1. The van der Waals surface area contributed by atoms with Crippen LogP contribution in [0.25, 0.3) is 0 Å². The molecule has 2 fully saturated rings. The van der Waals surface area contributed by atoms with E-state index >= 15 is 0 Å². The summed E-state index contributed by atoms with van der Waals surface area (Å²) in [5, 5.41) is 19.2. The lowest BCUT2D eigenvalue weighted by atomic mass is 9.80. The Morgan fingerprint density at radius 1 is 1.24 bits per heavy atom. The van der Waals surface area contributed by atoms with Gasteiger partial charge in [-0.2, -0.15) is 0 Å². The first-order valence-corrected chi connectivity index (χ1v) is 10.1. The molecule has 1 aliphatic carbocycles. The number of carboxylic acid groups (broad SMARTS) is 1. The van der Waals surface area contributed by atoms with Gasteiger partial charge in [0, 0.05) is 6.61 Å². The summed E-state index contributed by atoms with van der Waals surface area (Å²) in [6.07, 6.45) is 7.78. The van der Waals surface area contributed by atoms with Crippen LogP contribution in [-0.4, -0.2) is 45.7 Å². The summed E-state index contributed by atoms with van der Waals surface area (Å²) < 4.78 is 6.27. The highest BCUT2D eigenvalue weighted by Gasteiger charge is 2.50. The minimum Gasteiger partial charge on any atom is -0.465 e. The summed E-state index contributed by atoms with van der Waals surface area (Å²) >= 11 is 0. The van der Waals surface area contributed by atoms with Crippen molar-refractivity contribution in [2.75, 3.05) is 6.61 Å². The van der Waals surface area contributed by atoms with Gasteiger partial charge in [-0.15, -0.1) is 0 Å². The second-order valence-electron chi connectivity index (χ2n) is 8.81. The molecule has 1 amide bonds. The average Bonchev–Trinajstić information content (AvgIpc) is 2.77. The van der Waals surface area contributed by atoms with Crippen LogP contribution < -0.4 is 0 Å². The molecule has 0 bridgehead atoms. The van der Waals surface area contributed by atoms with Crippen molar-refractivity contribution in [3.8, 4) is 0 Å². The zero-order valence-electron chi connectivity index (χ0n) is 16.4. The predicted octanol–water partition coefficient (Wildman–Crippen LogP) is 4.49. The van der Waals surface area contributed by atoms with Gasteiger partial charge in [0.15, 0.2) is 0 Å². The number of aliphatic hydroxyl groups is 1. The zero-order chi connectivity index (χ0) is 18.6. The van der Waals surface area contributed by atoms with Crippen molar-refractivity contribution in [3.63, 3.8) is 0 Å². The Labute approximate surface area is 152 Å². The van der Waals surface area contributed by atoms with E-state index in [9.17, 15) is 15.0 Å². The van der Waals surface area contributed by atoms with Crippen LogP contribution in [0.2, 0.25) is 0 Å². The molecular formula is C20H37NO4. The first kappa shape index (κ1) is 20.5. The Morgan fingerprint density at radius 3 is 2.40 bits per heavy atom. The Kier molecular flexibility index (Phi) is 7.15. The number of hydrogen-bond acceptors (Lipinski definition) is 3. The fourth-order valence-corrected chi connectivity index (χ4v) is 4.86. The second-order valence-corrected chi connectivity index (χ2v) is 8.81. The molecule has 0 aromatic carbocycles. The maximum Gasteiger partial charge on any atom is 0.409 e. The van der Waals surface area contributed by atoms with Crippen molar-refractivity contribution in [2.45, 2.75) is 96.9 Å². The molecule has 2 rings (SSSR count). The molecule has 1 aliphatic heterocycles. The predicted molar refractivity (Wildman–Crippen MR) is 98.4 cm³/mol. The van der Waals surface area contributed by atoms with Crippen molar-refractivity contribution in [2.24, 2.45) is 17.8 Å². The third-order valence-electron chi connectivity index (χ3n) is 6.26. The minimum atomic E-state index is -0.878. The fraction of sp³-hybridized carbons (Fsp3) is 0.950. The summed E-state index contributed by atoms with van der Waals surface area (Å²) in [4.78, 5) is 13.5. The van der Waals surface area contributed by atoms with Gasteiger partial charge in [0.1, 0.15) is 5.72 Å². The maximum absolute atomic E-state index is 12.0. The molecule has 25 heavy (non-hydrogen) atoms. The van der Waals surface area contributed by atoms with Crippen LogP contribution in [0, 0.1) is 17.8 Å². The van der Waals surface area contributed by atoms with Crippen LogP contribution in [0.4, 0.5) is 4.79 Å². The molecule has 1 saturated carbocycles. The molecule has 0 radical (unpaired) electrons. The van der Waals surface area contributed by atoms with Gasteiger partial charge in [0.25, 0.3) is 0 Å². The number of hydrogen-bond donors (Lipinski definition) is 2. The SMILES string of the molecule is CC(C)C(CCO)CC1OC(C)(C)N(C(=O)O)C1CC1CCCCC1. The van der Waals surface area contributed by atoms with E-state index in [1.54, 1.807) is 4.90 Å². The van der Waals surface area contributed by atoms with Gasteiger partial charge in [-0.05, 0) is 50.9 Å². The van der Waals surface area contributed by atoms with Gasteiger partial charge >= 0.3 is 6.09 Å². The number of carbonyl (C=O) groups is 1. The second kappa shape index (κ2) is 8.72. The average molecular weight is 356 g/mol. The topological polar surface area (TPSA) is 70.0 Å². The molecule has 5 heteroatoms. The molecule has 0 spiro atoms. The van der Waals surface area contributed by atoms with Crippen molar-refractivity contribution < 1.29 is 19.7 Å². The largest absolute Gasteiger partial charge is 0.465 e. The summed E-state index contributed by atoms with van der Waals surface area (Å²) in [7, 11) is 0. The molecule has 3 atom stereocenters. The van der Waals surface area contributed by atoms with Crippen molar-refractivity contribution in [1.29, 1.82) is 0 Å². The van der Waals surface area contributed by atoms with Crippen molar-refractivity contribution >= 4 is 6.09 Å². The number of nitrogens with zero attached hydrogens (tertiary/aromatic N) is 1. The lowest BCUT2D eigenvalue weighted by molar-refractivity contribution is -0.0726. The van der Waals surface area contributed by atoms with E-state index < -0.39 is 11.8 Å². The van der Waals surface area contributed by atoms with E-state index in [4.69, 9.17) is 4.74 Å². The van der Waals surface area contributed by atoms with Crippen LogP contribution in [-0.2, 0) is 4.74 Å². The molecule has 0 aromatic heterocycles. The van der Waals surface area contributed by atoms with Crippen LogP contribution >= 0.6 is 0 Å². The molecule has 3 unspecified atom stereocenters. The lowest BCUT2D eigenvalue weighted by Crippen LogP contribution is -2.48. The Balaban J connectivity index is 2.17. The van der Waals surface area contributed by atoms with E-state index in [0.29, 0.717) is 17.8 Å². The maximum atomic E-state index is 12.0. The number of rotatable bonds is 7. The smallest absolute Gasteiger partial charge is 0.409 e. The highest BCUT2D eigenvalue weighted by molar-refractivity contribution is 5.66. The van der Waals surface area contributed by atoms with E-state index in [2.05, 4.69) is 13.8 Å². The van der Waals surface area contributed by atoms with E-state index in [0.717, 1.165) is 19.3 Å². The lowest BCUT2D eigenvalue weighted by Gasteiger charge is -2.34. The highest BCUT2D eigenvalue weighted by Crippen LogP contribution is 2.41. The Morgan fingerprint density at radius 2 is 1.88 bits per heavy atom. The molecule has 1 saturated heterocycles. The standard InChI is InChI=1S/C20H37NO4/c1-14(2)16(10-11-22)13-18-17(12-15-8-6-5-7-9-15)21(19(23)24)20(3,4)25-18/h14-18,22H,5-13H2,1-4H3,(H,23,24). The van der Waals surface area contributed by atoms with Gasteiger partial charge in [-0.3, -0.25) is 4.90 Å². The van der Waals surface area contributed by atoms with Crippen molar-refractivity contribution in [3.05, 3.63) is 0 Å². The van der Waals surface area contributed by atoms with E-state index in [1.807, 2.05) is 13.8 Å². The van der Waals surface area contributed by atoms with E-state index in [-0.39, 0.29) is 18.8 Å². The quantitative estimate of drug-likeness (QED) is 0.706. The van der Waals surface area contributed by atoms with Crippen LogP contribution in [0.1, 0.15) is 79.1 Å². The van der Waals surface area contributed by atoms with Crippen LogP contribution in [0.15, 0.2) is 0 Å². The number of aliphatic hydroxyl groups excluding tert-OH is 1. The summed E-state index contributed by atoms with van der Waals surface area (Å²) in [5.41, 5.74) is -0.781. The summed E-state index contributed by atoms with van der Waals surface area (Å²) in [5.74, 6) is 1.41. The third kappa shape index (κ3) is 5.10. The monoisotopic (exact) mass is 355 g/mol. The molecular weight excluding hydrogens is 318 g/mol. The molecule has 1 heterocycles. The van der Waals surface area contributed by atoms with Crippen LogP contribution in [0.3, 0.4) is 0 Å². The molecule has 146 valence electrons. The minimum absolute atomic E-state index is 0.0736. The third-order valence-corrected chi connectivity index (χ3v) is 6.26. The van der Waals surface area contributed by atoms with Crippen LogP contribution in [0.5, 0.6) is 0 Å². The number of amides is 1. The summed E-state index contributed by atoms with van der Waals surface area (Å²) in [6, 6.07) is -0.0736. The molecule has 2 N–H and O–H groups in total. The van der Waals surface area contributed by atoms with Gasteiger partial charge in [-0.25, -0.2) is 4.79 Å².